The van der Waals surface area contributed by atoms with Crippen LogP contribution >= 0.6 is 0 Å². The predicted molar refractivity (Wildman–Crippen MR) is 117 cm³/mol. The molecule has 0 aliphatic carbocycles. The number of carbonyl (C=O) groups excluding carboxylic acids is 2. The molecule has 0 radical (unpaired) electrons. The van der Waals surface area contributed by atoms with Crippen molar-refractivity contribution in [2.45, 2.75) is 31.8 Å². The van der Waals surface area contributed by atoms with E-state index in [0.717, 1.165) is 16.9 Å². The van der Waals surface area contributed by atoms with Gasteiger partial charge in [-0.25, -0.2) is 0 Å². The number of azide groups is 1. The minimum atomic E-state index is -1.11. The maximum atomic E-state index is 12.3. The van der Waals surface area contributed by atoms with Crippen molar-refractivity contribution in [3.8, 4) is 5.75 Å². The Morgan fingerprint density at radius 2 is 1.75 bits per heavy atom. The van der Waals surface area contributed by atoms with Gasteiger partial charge in [-0.3, -0.25) is 14.4 Å². The van der Waals surface area contributed by atoms with E-state index in [1.807, 2.05) is 24.3 Å². The third kappa shape index (κ3) is 8.37. The topological polar surface area (TPSA) is 153 Å². The zero-order chi connectivity index (χ0) is 23.3. The van der Waals surface area contributed by atoms with Crippen LogP contribution in [0.15, 0.2) is 53.6 Å². The molecule has 0 heterocycles. The molecule has 2 amide bonds. The van der Waals surface area contributed by atoms with Crippen LogP contribution in [0.25, 0.3) is 10.4 Å². The van der Waals surface area contributed by atoms with Gasteiger partial charge in [-0.2, -0.15) is 0 Å². The molecular weight excluding hydrogens is 414 g/mol. The lowest BCUT2D eigenvalue weighted by atomic mass is 10.1. The quantitative estimate of drug-likeness (QED) is 0.264. The van der Waals surface area contributed by atoms with E-state index < -0.39 is 17.9 Å². The number of amides is 2. The lowest BCUT2D eigenvalue weighted by molar-refractivity contribution is -0.137. The first kappa shape index (κ1) is 24.2. The molecule has 1 atom stereocenters. The highest BCUT2D eigenvalue weighted by molar-refractivity contribution is 5.94. The minimum absolute atomic E-state index is 0.0859. The summed E-state index contributed by atoms with van der Waals surface area (Å²) in [4.78, 5) is 37.9. The molecule has 0 unspecified atom stereocenters. The van der Waals surface area contributed by atoms with Crippen molar-refractivity contribution in [2.24, 2.45) is 5.11 Å². The maximum Gasteiger partial charge on any atom is 0.305 e. The maximum absolute atomic E-state index is 12.3. The molecule has 0 aromatic heterocycles. The van der Waals surface area contributed by atoms with Gasteiger partial charge in [0.15, 0.2) is 0 Å². The SMILES string of the molecule is COc1ccc(CCC(=O)NCc2ccc(C(=O)N[C@H](CN=[N+]=[N-])CC(=O)O)cc2)cc1. The van der Waals surface area contributed by atoms with E-state index in [2.05, 4.69) is 20.7 Å². The molecule has 0 bridgehead atoms. The van der Waals surface area contributed by atoms with Gasteiger partial charge in [-0.15, -0.1) is 0 Å². The molecule has 32 heavy (non-hydrogen) atoms. The largest absolute Gasteiger partial charge is 0.497 e. The molecule has 0 aliphatic heterocycles. The standard InChI is InChI=1S/C22H25N5O5/c1-32-19-9-4-15(5-10-19)6-11-20(28)24-13-16-2-7-17(8-3-16)22(31)26-18(12-21(29)30)14-25-27-23/h2-5,7-10,18H,6,11-14H2,1H3,(H,24,28)(H,26,31)(H,29,30)/t18-/m0/s1. The molecule has 0 spiro atoms. The van der Waals surface area contributed by atoms with Gasteiger partial charge in [-0.05, 0) is 47.3 Å². The summed E-state index contributed by atoms with van der Waals surface area (Å²) in [5.74, 6) is -0.901. The Morgan fingerprint density at radius 3 is 2.34 bits per heavy atom. The second-order valence-corrected chi connectivity index (χ2v) is 7.00. The monoisotopic (exact) mass is 439 g/mol. The second-order valence-electron chi connectivity index (χ2n) is 7.00. The molecule has 0 aliphatic rings. The number of carboxylic acid groups (broad SMARTS) is 1. The van der Waals surface area contributed by atoms with Crippen LogP contribution in [0.4, 0.5) is 0 Å². The van der Waals surface area contributed by atoms with Gasteiger partial charge in [0.25, 0.3) is 5.91 Å². The number of nitrogens with zero attached hydrogens (tertiary/aromatic N) is 3. The summed E-state index contributed by atoms with van der Waals surface area (Å²) >= 11 is 0. The first-order chi connectivity index (χ1) is 15.4. The fourth-order valence-electron chi connectivity index (χ4n) is 2.89. The lowest BCUT2D eigenvalue weighted by Crippen LogP contribution is -2.38. The number of aryl methyl sites for hydroxylation is 1. The van der Waals surface area contributed by atoms with Crippen molar-refractivity contribution in [3.63, 3.8) is 0 Å². The van der Waals surface area contributed by atoms with E-state index in [0.29, 0.717) is 24.9 Å². The Kier molecular flexibility index (Phi) is 9.55. The highest BCUT2D eigenvalue weighted by atomic mass is 16.5. The first-order valence-corrected chi connectivity index (χ1v) is 9.93. The average Bonchev–Trinajstić information content (AvgIpc) is 2.80. The number of nitrogens with one attached hydrogen (secondary N) is 2. The van der Waals surface area contributed by atoms with Crippen molar-refractivity contribution < 1.29 is 24.2 Å². The van der Waals surface area contributed by atoms with Gasteiger partial charge in [0.05, 0.1) is 13.5 Å². The van der Waals surface area contributed by atoms with Crippen LogP contribution in [0.5, 0.6) is 5.75 Å². The van der Waals surface area contributed by atoms with Crippen LogP contribution in [0.2, 0.25) is 0 Å². The van der Waals surface area contributed by atoms with Crippen molar-refractivity contribution >= 4 is 17.8 Å². The normalized spacial score (nSPS) is 11.0. The third-order valence-corrected chi connectivity index (χ3v) is 4.63. The van der Waals surface area contributed by atoms with E-state index in [9.17, 15) is 14.4 Å². The molecule has 10 heteroatoms. The van der Waals surface area contributed by atoms with Crippen molar-refractivity contribution in [3.05, 3.63) is 75.7 Å². The van der Waals surface area contributed by atoms with E-state index in [1.165, 1.54) is 0 Å². The number of carboxylic acids is 1. The van der Waals surface area contributed by atoms with Crippen molar-refractivity contribution in [1.29, 1.82) is 0 Å². The van der Waals surface area contributed by atoms with E-state index in [4.69, 9.17) is 15.4 Å². The van der Waals surface area contributed by atoms with Crippen molar-refractivity contribution in [2.75, 3.05) is 13.7 Å². The van der Waals surface area contributed by atoms with Gasteiger partial charge >= 0.3 is 5.97 Å². The molecule has 10 nitrogen and oxygen atoms in total. The second kappa shape index (κ2) is 12.6. The summed E-state index contributed by atoms with van der Waals surface area (Å²) in [6.45, 7) is 0.164. The van der Waals surface area contributed by atoms with Crippen LogP contribution in [-0.4, -0.2) is 42.6 Å². The molecule has 2 aromatic carbocycles. The lowest BCUT2D eigenvalue weighted by Gasteiger charge is -2.14. The Labute approximate surface area is 185 Å². The van der Waals surface area contributed by atoms with Gasteiger partial charge in [0.2, 0.25) is 5.91 Å². The summed E-state index contributed by atoms with van der Waals surface area (Å²) < 4.78 is 5.11. The summed E-state index contributed by atoms with van der Waals surface area (Å²) in [7, 11) is 1.60. The molecule has 0 saturated heterocycles. The number of methoxy groups -OCH3 is 1. The van der Waals surface area contributed by atoms with Crippen LogP contribution in [-0.2, 0) is 22.6 Å². The van der Waals surface area contributed by atoms with E-state index in [1.54, 1.807) is 31.4 Å². The van der Waals surface area contributed by atoms with Gasteiger partial charge in [-0.1, -0.05) is 29.4 Å². The summed E-state index contributed by atoms with van der Waals surface area (Å²) in [5, 5.41) is 17.6. The average molecular weight is 439 g/mol. The molecule has 3 N–H and O–H groups in total. The zero-order valence-electron chi connectivity index (χ0n) is 17.7. The molecule has 0 saturated carbocycles. The zero-order valence-corrected chi connectivity index (χ0v) is 17.7. The third-order valence-electron chi connectivity index (χ3n) is 4.63. The van der Waals surface area contributed by atoms with Gasteiger partial charge in [0.1, 0.15) is 5.75 Å². The van der Waals surface area contributed by atoms with E-state index in [-0.39, 0.29) is 18.9 Å². The molecule has 168 valence electrons. The minimum Gasteiger partial charge on any atom is -0.497 e. The molecule has 2 rings (SSSR count). The number of aliphatic carboxylic acids is 1. The van der Waals surface area contributed by atoms with Gasteiger partial charge < -0.3 is 20.5 Å². The van der Waals surface area contributed by atoms with E-state index >= 15 is 0 Å². The number of rotatable bonds is 12. The molecular formula is C22H25N5O5. The van der Waals surface area contributed by atoms with Gasteiger partial charge in [0, 0.05) is 36.0 Å². The van der Waals surface area contributed by atoms with Crippen LogP contribution in [0, 0.1) is 0 Å². The summed E-state index contributed by atoms with van der Waals surface area (Å²) in [5.41, 5.74) is 10.6. The number of ether oxygens (including phenoxy) is 1. The number of hydrogen-bond donors (Lipinski definition) is 3. The van der Waals surface area contributed by atoms with Crippen LogP contribution in [0.1, 0.15) is 34.3 Å². The predicted octanol–water partition coefficient (Wildman–Crippen LogP) is 2.83. The Hall–Kier alpha value is -4.04. The Bertz CT molecular complexity index is 965. The number of carbonyl (C=O) groups is 3. The number of hydrogen-bond acceptors (Lipinski definition) is 5. The highest BCUT2D eigenvalue weighted by Crippen LogP contribution is 2.12. The van der Waals surface area contributed by atoms with Crippen LogP contribution in [0.3, 0.4) is 0 Å². The summed E-state index contributed by atoms with van der Waals surface area (Å²) in [6.07, 6.45) is 0.608. The fourth-order valence-corrected chi connectivity index (χ4v) is 2.89. The van der Waals surface area contributed by atoms with Crippen molar-refractivity contribution in [1.82, 2.24) is 10.6 Å². The highest BCUT2D eigenvalue weighted by Gasteiger charge is 2.16. The summed E-state index contributed by atoms with van der Waals surface area (Å²) in [6, 6.07) is 13.3. The smallest absolute Gasteiger partial charge is 0.305 e. The first-order valence-electron chi connectivity index (χ1n) is 9.93. The van der Waals surface area contributed by atoms with Crippen LogP contribution < -0.4 is 15.4 Å². The Balaban J connectivity index is 1.81. The number of benzene rings is 2. The Morgan fingerprint density at radius 1 is 1.09 bits per heavy atom. The molecule has 0 fully saturated rings. The fraction of sp³-hybridized carbons (Fsp3) is 0.318. The molecule has 2 aromatic rings.